The van der Waals surface area contributed by atoms with Crippen LogP contribution in [0.5, 0.6) is 23.0 Å². The van der Waals surface area contributed by atoms with Gasteiger partial charge in [0.2, 0.25) is 5.91 Å². The molecule has 0 aliphatic heterocycles. The van der Waals surface area contributed by atoms with Crippen LogP contribution in [0.15, 0.2) is 168 Å². The third kappa shape index (κ3) is 9.93. The summed E-state index contributed by atoms with van der Waals surface area (Å²) in [5, 5.41) is 17.9. The van der Waals surface area contributed by atoms with Crippen molar-refractivity contribution in [3.05, 3.63) is 180 Å². The van der Waals surface area contributed by atoms with Gasteiger partial charge in [0, 0.05) is 33.5 Å². The van der Waals surface area contributed by atoms with Crippen LogP contribution >= 0.6 is 11.8 Å². The minimum atomic E-state index is -0.634. The standard InChI is InChI=1S/C43H35N3O6S/c1-51-39-28-34(47)23-20-31(39)26-38(46-41(48)30-14-7-3-8-15-30)42(49)45-33-16-11-19-37(27-33)53-40(29-12-5-2-6-13-29)43(50)44-32-21-24-36(25-22-32)52-35-17-9-4-10-18-35/h2-28,40,47H,1H3,(H,44,50)(H,45,49)(H,46,48)/b38-26+. The van der Waals surface area contributed by atoms with E-state index in [1.165, 1.54) is 37.1 Å². The van der Waals surface area contributed by atoms with Crippen LogP contribution in [0, 0.1) is 0 Å². The van der Waals surface area contributed by atoms with Gasteiger partial charge >= 0.3 is 0 Å². The van der Waals surface area contributed by atoms with E-state index in [0.717, 1.165) is 10.5 Å². The SMILES string of the molecule is COc1cc(O)ccc1/C=C(/NC(=O)c1ccccc1)C(=O)Nc1cccc(SC(C(=O)Nc2ccc(Oc3ccccc3)cc2)c2ccccc2)c1. The van der Waals surface area contributed by atoms with Crippen molar-refractivity contribution >= 4 is 46.9 Å². The molecule has 0 aliphatic rings. The zero-order valence-electron chi connectivity index (χ0n) is 28.6. The van der Waals surface area contributed by atoms with Gasteiger partial charge in [-0.3, -0.25) is 14.4 Å². The van der Waals surface area contributed by atoms with Crippen molar-refractivity contribution in [2.75, 3.05) is 17.7 Å². The van der Waals surface area contributed by atoms with Gasteiger partial charge in [0.25, 0.3) is 11.8 Å². The normalized spacial score (nSPS) is 11.5. The molecule has 3 amide bonds. The number of hydrogen-bond acceptors (Lipinski definition) is 7. The molecule has 0 bridgehead atoms. The molecule has 0 fully saturated rings. The number of amides is 3. The Hall–Kier alpha value is -6.78. The van der Waals surface area contributed by atoms with Crippen molar-refractivity contribution in [2.45, 2.75) is 10.1 Å². The highest BCUT2D eigenvalue weighted by atomic mass is 32.2. The molecular weight excluding hydrogens is 687 g/mol. The van der Waals surface area contributed by atoms with E-state index in [2.05, 4.69) is 16.0 Å². The first kappa shape index (κ1) is 36.0. The third-order valence-electron chi connectivity index (χ3n) is 7.83. The lowest BCUT2D eigenvalue weighted by molar-refractivity contribution is -0.116. The predicted molar refractivity (Wildman–Crippen MR) is 208 cm³/mol. The molecule has 0 heterocycles. The smallest absolute Gasteiger partial charge is 0.272 e. The zero-order valence-corrected chi connectivity index (χ0v) is 29.4. The number of ether oxygens (including phenoxy) is 2. The van der Waals surface area contributed by atoms with Gasteiger partial charge in [-0.15, -0.1) is 11.8 Å². The molecule has 6 aromatic rings. The average Bonchev–Trinajstić information content (AvgIpc) is 3.19. The minimum absolute atomic E-state index is 0.0125. The van der Waals surface area contributed by atoms with Gasteiger partial charge in [0.1, 0.15) is 33.9 Å². The molecular formula is C43H35N3O6S. The fourth-order valence-corrected chi connectivity index (χ4v) is 6.32. The number of aromatic hydroxyl groups is 1. The highest BCUT2D eigenvalue weighted by molar-refractivity contribution is 8.00. The van der Waals surface area contributed by atoms with Gasteiger partial charge in [0.15, 0.2) is 0 Å². The van der Waals surface area contributed by atoms with E-state index in [1.807, 2.05) is 66.7 Å². The molecule has 6 aromatic carbocycles. The maximum atomic E-state index is 13.8. The number of carbonyl (C=O) groups is 3. The first-order valence-corrected chi connectivity index (χ1v) is 17.4. The van der Waals surface area contributed by atoms with Crippen molar-refractivity contribution in [1.82, 2.24) is 5.32 Å². The summed E-state index contributed by atoms with van der Waals surface area (Å²) in [6.45, 7) is 0. The van der Waals surface area contributed by atoms with Crippen LogP contribution in [0.3, 0.4) is 0 Å². The van der Waals surface area contributed by atoms with E-state index in [1.54, 1.807) is 78.9 Å². The second-order valence-electron chi connectivity index (χ2n) is 11.6. The minimum Gasteiger partial charge on any atom is -0.508 e. The number of methoxy groups -OCH3 is 1. The molecule has 0 aliphatic carbocycles. The molecule has 1 atom stereocenters. The van der Waals surface area contributed by atoms with E-state index in [0.29, 0.717) is 39.8 Å². The fourth-order valence-electron chi connectivity index (χ4n) is 5.24. The summed E-state index contributed by atoms with van der Waals surface area (Å²) in [4.78, 5) is 41.5. The van der Waals surface area contributed by atoms with Crippen LogP contribution in [-0.2, 0) is 9.59 Å². The number of thioether (sulfide) groups is 1. The van der Waals surface area contributed by atoms with Crippen LogP contribution in [0.1, 0.15) is 26.7 Å². The Bertz CT molecular complexity index is 2210. The molecule has 0 saturated heterocycles. The summed E-state index contributed by atoms with van der Waals surface area (Å²) in [6, 6.07) is 46.1. The van der Waals surface area contributed by atoms with E-state index in [-0.39, 0.29) is 17.4 Å². The van der Waals surface area contributed by atoms with Gasteiger partial charge < -0.3 is 30.5 Å². The van der Waals surface area contributed by atoms with Crippen molar-refractivity contribution < 1.29 is 29.0 Å². The molecule has 53 heavy (non-hydrogen) atoms. The Kier molecular flexibility index (Phi) is 11.8. The lowest BCUT2D eigenvalue weighted by Gasteiger charge is -2.18. The maximum absolute atomic E-state index is 13.8. The fraction of sp³-hybridized carbons (Fsp3) is 0.0465. The summed E-state index contributed by atoms with van der Waals surface area (Å²) < 4.78 is 11.3. The second-order valence-corrected chi connectivity index (χ2v) is 12.8. The largest absolute Gasteiger partial charge is 0.508 e. The number of nitrogens with one attached hydrogen (secondary N) is 3. The maximum Gasteiger partial charge on any atom is 0.272 e. The molecule has 0 spiro atoms. The quantitative estimate of drug-likeness (QED) is 0.0693. The van der Waals surface area contributed by atoms with Crippen LogP contribution in [-0.4, -0.2) is 29.9 Å². The third-order valence-corrected chi connectivity index (χ3v) is 9.08. The van der Waals surface area contributed by atoms with Crippen molar-refractivity contribution in [2.24, 2.45) is 0 Å². The summed E-state index contributed by atoms with van der Waals surface area (Å²) in [5.74, 6) is 0.342. The van der Waals surface area contributed by atoms with Crippen LogP contribution < -0.4 is 25.4 Å². The van der Waals surface area contributed by atoms with Crippen molar-refractivity contribution in [3.8, 4) is 23.0 Å². The van der Waals surface area contributed by atoms with E-state index in [4.69, 9.17) is 9.47 Å². The predicted octanol–water partition coefficient (Wildman–Crippen LogP) is 9.07. The van der Waals surface area contributed by atoms with Gasteiger partial charge in [-0.25, -0.2) is 0 Å². The molecule has 4 N–H and O–H groups in total. The van der Waals surface area contributed by atoms with Gasteiger partial charge in [-0.1, -0.05) is 72.8 Å². The van der Waals surface area contributed by atoms with Crippen LogP contribution in [0.2, 0.25) is 0 Å². The Labute approximate surface area is 311 Å². The van der Waals surface area contributed by atoms with Gasteiger partial charge in [0.05, 0.1) is 7.11 Å². The molecule has 264 valence electrons. The zero-order chi connectivity index (χ0) is 37.0. The second kappa shape index (κ2) is 17.4. The number of anilines is 2. The van der Waals surface area contributed by atoms with E-state index in [9.17, 15) is 19.5 Å². The molecule has 6 rings (SSSR count). The van der Waals surface area contributed by atoms with Crippen molar-refractivity contribution in [1.29, 1.82) is 0 Å². The Morgan fingerprint density at radius 3 is 2.04 bits per heavy atom. The van der Waals surface area contributed by atoms with Crippen LogP contribution in [0.25, 0.3) is 6.08 Å². The lowest BCUT2D eigenvalue weighted by atomic mass is 10.1. The number of benzene rings is 6. The number of hydrogen-bond donors (Lipinski definition) is 4. The van der Waals surface area contributed by atoms with E-state index < -0.39 is 17.1 Å². The molecule has 0 radical (unpaired) electrons. The lowest BCUT2D eigenvalue weighted by Crippen LogP contribution is -2.30. The monoisotopic (exact) mass is 721 g/mol. The number of rotatable bonds is 13. The number of carbonyl (C=O) groups excluding carboxylic acids is 3. The number of para-hydroxylation sites is 1. The Morgan fingerprint density at radius 2 is 1.34 bits per heavy atom. The summed E-state index contributed by atoms with van der Waals surface area (Å²) in [5.41, 5.74) is 2.62. The molecule has 9 nitrogen and oxygen atoms in total. The van der Waals surface area contributed by atoms with Gasteiger partial charge in [-0.05, 0) is 90.5 Å². The molecule has 10 heteroatoms. The average molecular weight is 722 g/mol. The first-order chi connectivity index (χ1) is 25.8. The number of phenolic OH excluding ortho intramolecular Hbond substituents is 1. The topological polar surface area (TPSA) is 126 Å². The highest BCUT2D eigenvalue weighted by Crippen LogP contribution is 2.37. The summed E-state index contributed by atoms with van der Waals surface area (Å²) >= 11 is 1.33. The molecule has 0 saturated carbocycles. The van der Waals surface area contributed by atoms with Crippen molar-refractivity contribution in [3.63, 3.8) is 0 Å². The van der Waals surface area contributed by atoms with E-state index >= 15 is 0 Å². The molecule has 1 unspecified atom stereocenters. The number of phenols is 1. The molecule has 0 aromatic heterocycles. The summed E-state index contributed by atoms with van der Waals surface area (Å²) in [6.07, 6.45) is 1.48. The summed E-state index contributed by atoms with van der Waals surface area (Å²) in [7, 11) is 1.44. The Morgan fingerprint density at radius 1 is 0.679 bits per heavy atom. The highest BCUT2D eigenvalue weighted by Gasteiger charge is 2.23. The van der Waals surface area contributed by atoms with Crippen LogP contribution in [0.4, 0.5) is 11.4 Å². The first-order valence-electron chi connectivity index (χ1n) is 16.6. The van der Waals surface area contributed by atoms with Gasteiger partial charge in [-0.2, -0.15) is 0 Å². The Balaban J connectivity index is 1.20.